The van der Waals surface area contributed by atoms with Gasteiger partial charge in [-0.05, 0) is 96.8 Å². The Morgan fingerprint density at radius 2 is 0.958 bits per heavy atom. The molecule has 0 aromatic carbocycles. The molecule has 1 amide bonds. The minimum Gasteiger partial charge on any atom is -0.466 e. The first-order valence-corrected chi connectivity index (χ1v) is 29.5. The number of ether oxygens (including phenoxy) is 3. The van der Waals surface area contributed by atoms with Crippen LogP contribution in [0.3, 0.4) is 0 Å². The molecule has 6 N–H and O–H groups in total. The van der Waals surface area contributed by atoms with Crippen LogP contribution >= 0.6 is 0 Å². The van der Waals surface area contributed by atoms with E-state index in [0.29, 0.717) is 19.4 Å². The van der Waals surface area contributed by atoms with Gasteiger partial charge < -0.3 is 45.1 Å². The van der Waals surface area contributed by atoms with Crippen molar-refractivity contribution in [3.8, 4) is 0 Å². The monoisotopic (exact) mass is 1020 g/mol. The zero-order valence-electron chi connectivity index (χ0n) is 45.9. The number of carbonyl (C=O) groups excluding carboxylic acids is 2. The fraction of sp³-hybridized carbons (Fsp3) is 0.803. The summed E-state index contributed by atoms with van der Waals surface area (Å²) in [4.78, 5) is 25.0. The van der Waals surface area contributed by atoms with Gasteiger partial charge in [0, 0.05) is 12.8 Å². The van der Waals surface area contributed by atoms with E-state index in [1.807, 2.05) is 19.1 Å². The molecule has 7 atom stereocenters. The Bertz CT molecular complexity index is 1380. The molecule has 0 aromatic rings. The van der Waals surface area contributed by atoms with E-state index in [2.05, 4.69) is 54.8 Å². The lowest BCUT2D eigenvalue weighted by molar-refractivity contribution is -0.302. The molecule has 11 nitrogen and oxygen atoms in total. The zero-order valence-corrected chi connectivity index (χ0v) is 45.9. The highest BCUT2D eigenvalue weighted by Crippen LogP contribution is 2.23. The molecule has 0 bridgehead atoms. The molecular formula is C61H109NO10. The Morgan fingerprint density at radius 1 is 0.528 bits per heavy atom. The molecule has 7 unspecified atom stereocenters. The summed E-state index contributed by atoms with van der Waals surface area (Å²) in [5.41, 5.74) is 0. The Labute approximate surface area is 439 Å². The van der Waals surface area contributed by atoms with Crippen molar-refractivity contribution < 1.29 is 49.3 Å². The summed E-state index contributed by atoms with van der Waals surface area (Å²) in [5.74, 6) is -0.217. The SMILES string of the molecule is C/C=C/CC/C=C/CC/C=C/C(O)C(COC1OC(CO)C(O)C(O)C1O)NC(=O)CCCCCCCCCC/C=C\CCCCCCCCCCCCCCOC(=O)CCCCCCC/C=C\CCCC. The molecule has 0 spiro atoms. The lowest BCUT2D eigenvalue weighted by atomic mass is 9.99. The maximum Gasteiger partial charge on any atom is 0.305 e. The molecular weight excluding hydrogens is 907 g/mol. The molecule has 1 aliphatic heterocycles. The van der Waals surface area contributed by atoms with Gasteiger partial charge in [0.2, 0.25) is 5.91 Å². The third-order valence-corrected chi connectivity index (χ3v) is 13.6. The summed E-state index contributed by atoms with van der Waals surface area (Å²) in [6.45, 7) is 4.04. The second-order valence-electron chi connectivity index (χ2n) is 20.3. The number of amides is 1. The van der Waals surface area contributed by atoms with Crippen molar-refractivity contribution in [2.45, 2.75) is 294 Å². The molecule has 0 radical (unpaired) electrons. The van der Waals surface area contributed by atoms with Gasteiger partial charge in [-0.3, -0.25) is 9.59 Å². The van der Waals surface area contributed by atoms with Crippen molar-refractivity contribution in [2.75, 3.05) is 19.8 Å². The summed E-state index contributed by atoms with van der Waals surface area (Å²) in [6.07, 6.45) is 55.0. The van der Waals surface area contributed by atoms with Gasteiger partial charge in [0.25, 0.3) is 0 Å². The van der Waals surface area contributed by atoms with Gasteiger partial charge in [0.15, 0.2) is 6.29 Å². The number of nitrogens with one attached hydrogen (secondary N) is 1. The van der Waals surface area contributed by atoms with Crippen LogP contribution in [0.25, 0.3) is 0 Å². The van der Waals surface area contributed by atoms with E-state index in [4.69, 9.17) is 14.2 Å². The van der Waals surface area contributed by atoms with Crippen molar-refractivity contribution in [3.05, 3.63) is 60.8 Å². The number of aliphatic hydroxyl groups excluding tert-OH is 5. The van der Waals surface area contributed by atoms with Crippen LogP contribution in [0.5, 0.6) is 0 Å². The molecule has 72 heavy (non-hydrogen) atoms. The number of hydrogen-bond acceptors (Lipinski definition) is 10. The van der Waals surface area contributed by atoms with E-state index >= 15 is 0 Å². The summed E-state index contributed by atoms with van der Waals surface area (Å²) < 4.78 is 16.6. The van der Waals surface area contributed by atoms with Crippen molar-refractivity contribution in [1.29, 1.82) is 0 Å². The molecule has 11 heteroatoms. The van der Waals surface area contributed by atoms with Crippen LogP contribution in [0.4, 0.5) is 0 Å². The van der Waals surface area contributed by atoms with E-state index < -0.39 is 49.5 Å². The average molecular weight is 1020 g/mol. The predicted octanol–water partition coefficient (Wildman–Crippen LogP) is 13.4. The first-order valence-electron chi connectivity index (χ1n) is 29.5. The number of rotatable bonds is 50. The van der Waals surface area contributed by atoms with E-state index in [9.17, 15) is 35.1 Å². The number of allylic oxidation sites excluding steroid dienone is 9. The molecule has 1 aliphatic rings. The summed E-state index contributed by atoms with van der Waals surface area (Å²) >= 11 is 0. The molecule has 1 heterocycles. The largest absolute Gasteiger partial charge is 0.466 e. The second kappa shape index (κ2) is 50.5. The van der Waals surface area contributed by atoms with Crippen molar-refractivity contribution in [2.24, 2.45) is 0 Å². The van der Waals surface area contributed by atoms with Gasteiger partial charge in [-0.15, -0.1) is 0 Å². The minimum absolute atomic E-state index is 0.0114. The van der Waals surface area contributed by atoms with Crippen molar-refractivity contribution in [1.82, 2.24) is 5.32 Å². The van der Waals surface area contributed by atoms with E-state index in [1.165, 1.54) is 148 Å². The summed E-state index contributed by atoms with van der Waals surface area (Å²) in [6, 6.07) is -0.837. The first kappa shape index (κ1) is 67.4. The fourth-order valence-corrected chi connectivity index (χ4v) is 8.92. The van der Waals surface area contributed by atoms with E-state index in [1.54, 1.807) is 6.08 Å². The van der Waals surface area contributed by atoms with E-state index in [-0.39, 0.29) is 18.5 Å². The van der Waals surface area contributed by atoms with Crippen LogP contribution in [-0.4, -0.2) is 100 Å². The number of aliphatic hydroxyl groups is 5. The zero-order chi connectivity index (χ0) is 52.4. The van der Waals surface area contributed by atoms with Gasteiger partial charge in [-0.2, -0.15) is 0 Å². The van der Waals surface area contributed by atoms with Gasteiger partial charge in [0.05, 0.1) is 32.0 Å². The maximum atomic E-state index is 13.0. The highest BCUT2D eigenvalue weighted by Gasteiger charge is 2.44. The highest BCUT2D eigenvalue weighted by atomic mass is 16.7. The maximum absolute atomic E-state index is 13.0. The molecule has 1 rings (SSSR count). The Hall–Kier alpha value is -2.64. The number of hydrogen-bond donors (Lipinski definition) is 6. The number of esters is 1. The molecule has 1 saturated heterocycles. The topological polar surface area (TPSA) is 175 Å². The normalized spacial score (nSPS) is 19.5. The third kappa shape index (κ3) is 39.8. The van der Waals surface area contributed by atoms with Crippen molar-refractivity contribution >= 4 is 11.9 Å². The van der Waals surface area contributed by atoms with Gasteiger partial charge >= 0.3 is 5.97 Å². The Morgan fingerprint density at radius 3 is 1.46 bits per heavy atom. The van der Waals surface area contributed by atoms with Crippen LogP contribution < -0.4 is 5.32 Å². The van der Waals surface area contributed by atoms with Gasteiger partial charge in [-0.25, -0.2) is 0 Å². The Kier molecular flexibility index (Phi) is 47.3. The standard InChI is InChI=1S/C61H109NO10/c1-3-5-7-9-11-13-28-33-37-41-45-49-57(66)70-50-46-42-38-34-30-27-25-23-21-19-17-15-14-16-18-20-22-24-26-29-32-36-40-44-48-56(65)62-53(54(64)47-43-39-35-31-12-10-8-6-4-2)52-71-61-60(69)59(68)58(67)55(51-63)72-61/h4,6,9,11-12,16,18,31,43,47,53-55,58-61,63-64,67-69H,3,5,7-8,10,13-15,17,19-30,32-42,44-46,48-52H2,1-2H3,(H,62,65)/b6-4+,11-9-,18-16-,31-12+,47-43+. The molecule has 0 aliphatic carbocycles. The first-order chi connectivity index (χ1) is 35.2. The Balaban J connectivity index is 2.02. The van der Waals surface area contributed by atoms with Crippen molar-refractivity contribution in [3.63, 3.8) is 0 Å². The quantitative estimate of drug-likeness (QED) is 0.0195. The summed E-state index contributed by atoms with van der Waals surface area (Å²) in [7, 11) is 0. The molecule has 0 saturated carbocycles. The minimum atomic E-state index is -1.58. The lowest BCUT2D eigenvalue weighted by Gasteiger charge is -2.40. The fourth-order valence-electron chi connectivity index (χ4n) is 8.92. The summed E-state index contributed by atoms with van der Waals surface area (Å²) in [5, 5.41) is 54.1. The highest BCUT2D eigenvalue weighted by molar-refractivity contribution is 5.76. The number of unbranched alkanes of at least 4 members (excludes halogenated alkanes) is 29. The lowest BCUT2D eigenvalue weighted by Crippen LogP contribution is -2.60. The molecule has 1 fully saturated rings. The van der Waals surface area contributed by atoms with Crippen LogP contribution in [-0.2, 0) is 23.8 Å². The van der Waals surface area contributed by atoms with E-state index in [0.717, 1.165) is 77.0 Å². The second-order valence-corrected chi connectivity index (χ2v) is 20.3. The third-order valence-electron chi connectivity index (χ3n) is 13.6. The smallest absolute Gasteiger partial charge is 0.305 e. The van der Waals surface area contributed by atoms with Gasteiger partial charge in [0.1, 0.15) is 24.4 Å². The average Bonchev–Trinajstić information content (AvgIpc) is 3.38. The van der Waals surface area contributed by atoms with Crippen LogP contribution in [0.2, 0.25) is 0 Å². The van der Waals surface area contributed by atoms with Gasteiger partial charge in [-0.1, -0.05) is 203 Å². The van der Waals surface area contributed by atoms with Crippen LogP contribution in [0.15, 0.2) is 60.8 Å². The van der Waals surface area contributed by atoms with Crippen LogP contribution in [0, 0.1) is 0 Å². The molecule has 418 valence electrons. The predicted molar refractivity (Wildman–Crippen MR) is 296 cm³/mol. The number of carbonyl (C=O) groups is 2. The van der Waals surface area contributed by atoms with Crippen LogP contribution in [0.1, 0.15) is 251 Å². The molecule has 0 aromatic heterocycles.